The van der Waals surface area contributed by atoms with Crippen molar-refractivity contribution in [1.29, 1.82) is 0 Å². The highest BCUT2D eigenvalue weighted by Gasteiger charge is 2.49. The van der Waals surface area contributed by atoms with Crippen LogP contribution in [0.5, 0.6) is 0 Å². The molecule has 1 saturated carbocycles. The van der Waals surface area contributed by atoms with E-state index in [4.69, 9.17) is 4.74 Å². The molecular weight excluding hydrogens is 374 g/mol. The molecule has 0 aromatic heterocycles. The Bertz CT molecular complexity index is 940. The smallest absolute Gasteiger partial charge is 0.245 e. The standard InChI is InChI=1S/C22H25NO4S/c1-16-11-13-18(14-12-16)28(25,26)23-20(17-7-3-2-4-8-17)15-27-22(23)19-9-5-6-10-21(19)24/h2-4,7-8,11-14,19-20,22H,5-6,9-10,15H2,1H3/t19-,20+,22+/m1/s1. The molecule has 148 valence electrons. The third-order valence-corrected chi connectivity index (χ3v) is 7.59. The van der Waals surface area contributed by atoms with Gasteiger partial charge in [-0.3, -0.25) is 4.79 Å². The van der Waals surface area contributed by atoms with Crippen LogP contribution in [0.2, 0.25) is 0 Å². The van der Waals surface area contributed by atoms with Gasteiger partial charge in [0.1, 0.15) is 12.0 Å². The molecule has 1 heterocycles. The van der Waals surface area contributed by atoms with Gasteiger partial charge in [-0.15, -0.1) is 0 Å². The third kappa shape index (κ3) is 3.52. The van der Waals surface area contributed by atoms with Crippen molar-refractivity contribution in [2.45, 2.75) is 49.8 Å². The van der Waals surface area contributed by atoms with Crippen LogP contribution in [0.15, 0.2) is 59.5 Å². The number of sulfonamides is 1. The first-order valence-electron chi connectivity index (χ1n) is 9.78. The van der Waals surface area contributed by atoms with Crippen LogP contribution in [-0.4, -0.2) is 31.3 Å². The second-order valence-corrected chi connectivity index (χ2v) is 9.46. The largest absolute Gasteiger partial charge is 0.359 e. The zero-order valence-corrected chi connectivity index (χ0v) is 16.8. The third-order valence-electron chi connectivity index (χ3n) is 5.71. The Morgan fingerprint density at radius 3 is 2.39 bits per heavy atom. The van der Waals surface area contributed by atoms with E-state index in [0.717, 1.165) is 24.0 Å². The van der Waals surface area contributed by atoms with E-state index in [1.54, 1.807) is 24.3 Å². The van der Waals surface area contributed by atoms with Crippen molar-refractivity contribution >= 4 is 15.8 Å². The molecule has 2 aromatic carbocycles. The topological polar surface area (TPSA) is 63.7 Å². The van der Waals surface area contributed by atoms with Gasteiger partial charge in [-0.1, -0.05) is 54.4 Å². The minimum absolute atomic E-state index is 0.106. The van der Waals surface area contributed by atoms with Crippen LogP contribution < -0.4 is 0 Å². The summed E-state index contributed by atoms with van der Waals surface area (Å²) >= 11 is 0. The monoisotopic (exact) mass is 399 g/mol. The molecule has 1 aliphatic heterocycles. The van der Waals surface area contributed by atoms with Gasteiger partial charge < -0.3 is 4.74 Å². The maximum Gasteiger partial charge on any atom is 0.245 e. The minimum atomic E-state index is -3.82. The van der Waals surface area contributed by atoms with Crippen molar-refractivity contribution in [3.63, 3.8) is 0 Å². The summed E-state index contributed by atoms with van der Waals surface area (Å²) in [7, 11) is -3.82. The van der Waals surface area contributed by atoms with Gasteiger partial charge in [0.2, 0.25) is 10.0 Å². The lowest BCUT2D eigenvalue weighted by Crippen LogP contribution is -2.45. The van der Waals surface area contributed by atoms with E-state index in [1.807, 2.05) is 37.3 Å². The van der Waals surface area contributed by atoms with Gasteiger partial charge in [-0.25, -0.2) is 8.42 Å². The lowest BCUT2D eigenvalue weighted by Gasteiger charge is -2.33. The van der Waals surface area contributed by atoms with Crippen molar-refractivity contribution in [2.24, 2.45) is 5.92 Å². The molecule has 2 aromatic rings. The Hall–Kier alpha value is -2.02. The van der Waals surface area contributed by atoms with Gasteiger partial charge in [-0.05, 0) is 37.5 Å². The summed E-state index contributed by atoms with van der Waals surface area (Å²) in [4.78, 5) is 12.8. The fourth-order valence-electron chi connectivity index (χ4n) is 4.17. The van der Waals surface area contributed by atoms with Crippen LogP contribution in [0.4, 0.5) is 0 Å². The lowest BCUT2D eigenvalue weighted by molar-refractivity contribution is -0.131. The molecule has 1 saturated heterocycles. The number of benzene rings is 2. The summed E-state index contributed by atoms with van der Waals surface area (Å²) < 4.78 is 34.7. The first-order chi connectivity index (χ1) is 13.5. The number of aryl methyl sites for hydroxylation is 1. The highest BCUT2D eigenvalue weighted by atomic mass is 32.2. The maximum atomic E-state index is 13.6. The number of hydrogen-bond acceptors (Lipinski definition) is 4. The Kier molecular flexibility index (Phi) is 5.36. The van der Waals surface area contributed by atoms with Gasteiger partial charge in [-0.2, -0.15) is 4.31 Å². The average molecular weight is 400 g/mol. The van der Waals surface area contributed by atoms with Crippen molar-refractivity contribution in [3.8, 4) is 0 Å². The molecule has 0 bridgehead atoms. The molecule has 5 nitrogen and oxygen atoms in total. The first-order valence-corrected chi connectivity index (χ1v) is 11.2. The Morgan fingerprint density at radius 1 is 1.00 bits per heavy atom. The normalized spacial score (nSPS) is 26.5. The van der Waals surface area contributed by atoms with Crippen LogP contribution >= 0.6 is 0 Å². The molecule has 0 radical (unpaired) electrons. The molecule has 4 rings (SSSR count). The molecule has 3 atom stereocenters. The Labute approximate surface area is 166 Å². The van der Waals surface area contributed by atoms with E-state index in [2.05, 4.69) is 0 Å². The summed E-state index contributed by atoms with van der Waals surface area (Å²) in [5.74, 6) is -0.295. The fourth-order valence-corrected chi connectivity index (χ4v) is 5.90. The number of carbonyl (C=O) groups is 1. The maximum absolute atomic E-state index is 13.6. The number of Topliss-reactive ketones (excluding diaryl/α,β-unsaturated/α-hetero) is 1. The molecule has 0 unspecified atom stereocenters. The predicted molar refractivity (Wildman–Crippen MR) is 106 cm³/mol. The lowest BCUT2D eigenvalue weighted by atomic mass is 9.86. The predicted octanol–water partition coefficient (Wildman–Crippen LogP) is 3.84. The average Bonchev–Trinajstić information content (AvgIpc) is 3.15. The van der Waals surface area contributed by atoms with Crippen LogP contribution in [0.1, 0.15) is 42.9 Å². The molecule has 0 N–H and O–H groups in total. The molecule has 28 heavy (non-hydrogen) atoms. The number of ether oxygens (including phenoxy) is 1. The van der Waals surface area contributed by atoms with Crippen LogP contribution in [0, 0.1) is 12.8 Å². The van der Waals surface area contributed by atoms with E-state index >= 15 is 0 Å². The SMILES string of the molecule is Cc1ccc(S(=O)(=O)N2[C@H](c3ccccc3)CO[C@H]2[C@@H]2CCCCC2=O)cc1. The van der Waals surface area contributed by atoms with Gasteiger partial charge in [0.05, 0.1) is 23.5 Å². The Morgan fingerprint density at radius 2 is 1.71 bits per heavy atom. The molecular formula is C22H25NO4S. The molecule has 1 aliphatic carbocycles. The van der Waals surface area contributed by atoms with Crippen molar-refractivity contribution < 1.29 is 17.9 Å². The van der Waals surface area contributed by atoms with Gasteiger partial charge in [0.25, 0.3) is 0 Å². The van der Waals surface area contributed by atoms with Crippen molar-refractivity contribution in [3.05, 3.63) is 65.7 Å². The van der Waals surface area contributed by atoms with Crippen molar-refractivity contribution in [1.82, 2.24) is 4.31 Å². The molecule has 0 amide bonds. The number of nitrogens with zero attached hydrogens (tertiary/aromatic N) is 1. The summed E-state index contributed by atoms with van der Waals surface area (Å²) in [5, 5.41) is 0. The number of hydrogen-bond donors (Lipinski definition) is 0. The molecule has 6 heteroatoms. The quantitative estimate of drug-likeness (QED) is 0.784. The zero-order valence-electron chi connectivity index (χ0n) is 16.0. The molecule has 0 spiro atoms. The first kappa shape index (κ1) is 19.3. The number of ketones is 1. The zero-order chi connectivity index (χ0) is 19.7. The summed E-state index contributed by atoms with van der Waals surface area (Å²) in [5.41, 5.74) is 1.87. The van der Waals surface area contributed by atoms with E-state index < -0.39 is 28.2 Å². The minimum Gasteiger partial charge on any atom is -0.359 e. The second kappa shape index (κ2) is 7.78. The summed E-state index contributed by atoms with van der Waals surface area (Å²) in [6.07, 6.45) is 2.22. The number of carbonyl (C=O) groups excluding carboxylic acids is 1. The van der Waals surface area contributed by atoms with Crippen molar-refractivity contribution in [2.75, 3.05) is 6.61 Å². The molecule has 2 aliphatic rings. The Balaban J connectivity index is 1.77. The van der Waals surface area contributed by atoms with Gasteiger partial charge in [0.15, 0.2) is 0 Å². The van der Waals surface area contributed by atoms with E-state index in [1.165, 1.54) is 4.31 Å². The van der Waals surface area contributed by atoms with Crippen LogP contribution in [0.25, 0.3) is 0 Å². The van der Waals surface area contributed by atoms with Crippen LogP contribution in [-0.2, 0) is 19.6 Å². The van der Waals surface area contributed by atoms with E-state index in [9.17, 15) is 13.2 Å². The second-order valence-electron chi connectivity index (χ2n) is 7.62. The molecule has 2 fully saturated rings. The van der Waals surface area contributed by atoms with Crippen LogP contribution in [0.3, 0.4) is 0 Å². The highest BCUT2D eigenvalue weighted by molar-refractivity contribution is 7.89. The summed E-state index contributed by atoms with van der Waals surface area (Å²) in [6, 6.07) is 15.9. The fraction of sp³-hybridized carbons (Fsp3) is 0.409. The highest BCUT2D eigenvalue weighted by Crippen LogP contribution is 2.41. The van der Waals surface area contributed by atoms with Gasteiger partial charge >= 0.3 is 0 Å². The van der Waals surface area contributed by atoms with E-state index in [0.29, 0.717) is 12.8 Å². The van der Waals surface area contributed by atoms with E-state index in [-0.39, 0.29) is 17.3 Å². The number of rotatable bonds is 4. The van der Waals surface area contributed by atoms with Gasteiger partial charge in [0, 0.05) is 6.42 Å². The summed E-state index contributed by atoms with van der Waals surface area (Å²) in [6.45, 7) is 2.18.